The summed E-state index contributed by atoms with van der Waals surface area (Å²) >= 11 is 0. The number of ether oxygens (including phenoxy) is 1. The molecule has 0 fully saturated rings. The number of carbonyl (C=O) groups is 1. The number of hydrogen-bond donors (Lipinski definition) is 1. The maximum Gasteiger partial charge on any atom is 0.338 e. The van der Waals surface area contributed by atoms with E-state index < -0.39 is 17.0 Å². The summed E-state index contributed by atoms with van der Waals surface area (Å²) in [6.45, 7) is 1.46. The SMILES string of the molecule is COC(=O)c1cc(C(C)O)cc([N+](=O)[O-])c1. The number of methoxy groups -OCH3 is 1. The van der Waals surface area contributed by atoms with Crippen molar-refractivity contribution in [2.75, 3.05) is 7.11 Å². The van der Waals surface area contributed by atoms with Crippen molar-refractivity contribution in [1.82, 2.24) is 0 Å². The molecular formula is C10H11NO5. The van der Waals surface area contributed by atoms with E-state index in [1.54, 1.807) is 0 Å². The molecule has 0 radical (unpaired) electrons. The molecule has 0 aliphatic carbocycles. The predicted molar refractivity (Wildman–Crippen MR) is 55.1 cm³/mol. The molecule has 6 heteroatoms. The van der Waals surface area contributed by atoms with Crippen LogP contribution in [-0.2, 0) is 4.74 Å². The molecule has 0 aromatic heterocycles. The van der Waals surface area contributed by atoms with Crippen LogP contribution >= 0.6 is 0 Å². The average molecular weight is 225 g/mol. The minimum Gasteiger partial charge on any atom is -0.465 e. The number of nitro groups is 1. The molecule has 1 aromatic rings. The second-order valence-electron chi connectivity index (χ2n) is 3.24. The summed E-state index contributed by atoms with van der Waals surface area (Å²) < 4.78 is 4.46. The van der Waals surface area contributed by atoms with Crippen molar-refractivity contribution < 1.29 is 19.6 Å². The predicted octanol–water partition coefficient (Wildman–Crippen LogP) is 1.43. The van der Waals surface area contributed by atoms with Crippen LogP contribution in [0.15, 0.2) is 18.2 Å². The molecule has 16 heavy (non-hydrogen) atoms. The maximum atomic E-state index is 11.2. The number of aliphatic hydroxyl groups is 1. The van der Waals surface area contributed by atoms with E-state index in [1.807, 2.05) is 0 Å². The van der Waals surface area contributed by atoms with Crippen LogP contribution in [0.5, 0.6) is 0 Å². The van der Waals surface area contributed by atoms with Crippen LogP contribution in [0, 0.1) is 10.1 Å². The van der Waals surface area contributed by atoms with E-state index >= 15 is 0 Å². The van der Waals surface area contributed by atoms with Crippen molar-refractivity contribution in [2.24, 2.45) is 0 Å². The van der Waals surface area contributed by atoms with Gasteiger partial charge in [-0.3, -0.25) is 10.1 Å². The highest BCUT2D eigenvalue weighted by molar-refractivity contribution is 5.90. The molecule has 1 N–H and O–H groups in total. The summed E-state index contributed by atoms with van der Waals surface area (Å²) in [5, 5.41) is 19.9. The zero-order valence-electron chi connectivity index (χ0n) is 8.84. The number of nitro benzene ring substituents is 1. The van der Waals surface area contributed by atoms with Gasteiger partial charge in [-0.15, -0.1) is 0 Å². The molecule has 0 bridgehead atoms. The molecule has 1 rings (SSSR count). The molecule has 1 atom stereocenters. The lowest BCUT2D eigenvalue weighted by molar-refractivity contribution is -0.385. The summed E-state index contributed by atoms with van der Waals surface area (Å²) in [7, 11) is 1.18. The monoisotopic (exact) mass is 225 g/mol. The molecule has 1 aromatic carbocycles. The van der Waals surface area contributed by atoms with Gasteiger partial charge in [0.05, 0.1) is 23.7 Å². The molecule has 0 aliphatic heterocycles. The Morgan fingerprint density at radius 2 is 2.12 bits per heavy atom. The summed E-state index contributed by atoms with van der Waals surface area (Å²) in [4.78, 5) is 21.2. The van der Waals surface area contributed by atoms with Crippen LogP contribution in [0.3, 0.4) is 0 Å². The Morgan fingerprint density at radius 3 is 2.56 bits per heavy atom. The van der Waals surface area contributed by atoms with Gasteiger partial charge in [0, 0.05) is 12.1 Å². The first-order valence-corrected chi connectivity index (χ1v) is 4.51. The first kappa shape index (κ1) is 12.1. The number of aliphatic hydroxyl groups excluding tert-OH is 1. The van der Waals surface area contributed by atoms with Gasteiger partial charge in [0.1, 0.15) is 0 Å². The third-order valence-corrected chi connectivity index (χ3v) is 2.05. The van der Waals surface area contributed by atoms with Crippen molar-refractivity contribution in [3.8, 4) is 0 Å². The van der Waals surface area contributed by atoms with Crippen LogP contribution < -0.4 is 0 Å². The average Bonchev–Trinajstić information content (AvgIpc) is 2.27. The molecule has 0 saturated carbocycles. The van der Waals surface area contributed by atoms with Gasteiger partial charge in [0.25, 0.3) is 5.69 Å². The lowest BCUT2D eigenvalue weighted by Gasteiger charge is -2.06. The Labute approximate surface area is 91.6 Å². The number of nitrogens with zero attached hydrogens (tertiary/aromatic N) is 1. The van der Waals surface area contributed by atoms with E-state index in [0.717, 1.165) is 6.07 Å². The first-order chi connectivity index (χ1) is 7.45. The Hall–Kier alpha value is -1.95. The van der Waals surface area contributed by atoms with E-state index in [4.69, 9.17) is 0 Å². The van der Waals surface area contributed by atoms with Crippen molar-refractivity contribution >= 4 is 11.7 Å². The summed E-state index contributed by atoms with van der Waals surface area (Å²) in [6, 6.07) is 3.69. The molecule has 6 nitrogen and oxygen atoms in total. The minimum absolute atomic E-state index is 0.0487. The van der Waals surface area contributed by atoms with E-state index in [2.05, 4.69) is 4.74 Å². The third kappa shape index (κ3) is 2.54. The van der Waals surface area contributed by atoms with E-state index in [1.165, 1.54) is 26.2 Å². The highest BCUT2D eigenvalue weighted by Crippen LogP contribution is 2.22. The van der Waals surface area contributed by atoms with E-state index in [0.29, 0.717) is 5.56 Å². The molecule has 1 unspecified atom stereocenters. The normalized spacial score (nSPS) is 11.9. The number of rotatable bonds is 3. The van der Waals surface area contributed by atoms with Crippen LogP contribution in [0.4, 0.5) is 5.69 Å². The van der Waals surface area contributed by atoms with Crippen LogP contribution in [-0.4, -0.2) is 23.1 Å². The van der Waals surface area contributed by atoms with Gasteiger partial charge in [0.15, 0.2) is 0 Å². The highest BCUT2D eigenvalue weighted by Gasteiger charge is 2.16. The molecule has 86 valence electrons. The van der Waals surface area contributed by atoms with Crippen molar-refractivity contribution in [3.05, 3.63) is 39.4 Å². The fraction of sp³-hybridized carbons (Fsp3) is 0.300. The summed E-state index contributed by atoms with van der Waals surface area (Å²) in [6.07, 6.45) is -0.886. The van der Waals surface area contributed by atoms with Crippen LogP contribution in [0.2, 0.25) is 0 Å². The third-order valence-electron chi connectivity index (χ3n) is 2.05. The molecule has 0 heterocycles. The maximum absolute atomic E-state index is 11.2. The molecular weight excluding hydrogens is 214 g/mol. The Morgan fingerprint density at radius 1 is 1.50 bits per heavy atom. The number of carbonyl (C=O) groups excluding carboxylic acids is 1. The van der Waals surface area contributed by atoms with Gasteiger partial charge in [-0.1, -0.05) is 0 Å². The second-order valence-corrected chi connectivity index (χ2v) is 3.24. The van der Waals surface area contributed by atoms with E-state index in [-0.39, 0.29) is 11.3 Å². The van der Waals surface area contributed by atoms with Gasteiger partial charge in [-0.05, 0) is 18.6 Å². The number of hydrogen-bond acceptors (Lipinski definition) is 5. The van der Waals surface area contributed by atoms with Gasteiger partial charge in [0.2, 0.25) is 0 Å². The first-order valence-electron chi connectivity index (χ1n) is 4.51. The van der Waals surface area contributed by atoms with Crippen LogP contribution in [0.25, 0.3) is 0 Å². The number of non-ortho nitro benzene ring substituents is 1. The number of benzene rings is 1. The molecule has 0 amide bonds. The quantitative estimate of drug-likeness (QED) is 0.477. The Kier molecular flexibility index (Phi) is 3.57. The Bertz CT molecular complexity index is 427. The standard InChI is InChI=1S/C10H11NO5/c1-6(12)7-3-8(10(13)16-2)5-9(4-7)11(14)15/h3-6,12H,1-2H3. The van der Waals surface area contributed by atoms with Crippen molar-refractivity contribution in [1.29, 1.82) is 0 Å². The van der Waals surface area contributed by atoms with Crippen molar-refractivity contribution in [2.45, 2.75) is 13.0 Å². The largest absolute Gasteiger partial charge is 0.465 e. The minimum atomic E-state index is -0.886. The zero-order chi connectivity index (χ0) is 12.3. The van der Waals surface area contributed by atoms with Gasteiger partial charge in [-0.25, -0.2) is 4.79 Å². The zero-order valence-corrected chi connectivity index (χ0v) is 8.84. The molecule has 0 saturated heterocycles. The lowest BCUT2D eigenvalue weighted by atomic mass is 10.1. The second kappa shape index (κ2) is 4.71. The fourth-order valence-corrected chi connectivity index (χ4v) is 1.22. The topological polar surface area (TPSA) is 89.7 Å². The Balaban J connectivity index is 3.29. The summed E-state index contributed by atoms with van der Waals surface area (Å²) in [5.41, 5.74) is 0.0981. The number of esters is 1. The molecule has 0 aliphatic rings. The molecule has 0 spiro atoms. The van der Waals surface area contributed by atoms with Crippen LogP contribution in [0.1, 0.15) is 28.9 Å². The smallest absolute Gasteiger partial charge is 0.338 e. The van der Waals surface area contributed by atoms with Crippen molar-refractivity contribution in [3.63, 3.8) is 0 Å². The lowest BCUT2D eigenvalue weighted by Crippen LogP contribution is -2.04. The summed E-state index contributed by atoms with van der Waals surface area (Å²) in [5.74, 6) is -0.675. The fourth-order valence-electron chi connectivity index (χ4n) is 1.22. The van der Waals surface area contributed by atoms with Gasteiger partial charge < -0.3 is 9.84 Å². The van der Waals surface area contributed by atoms with E-state index in [9.17, 15) is 20.0 Å². The van der Waals surface area contributed by atoms with Gasteiger partial charge in [-0.2, -0.15) is 0 Å². The van der Waals surface area contributed by atoms with Gasteiger partial charge >= 0.3 is 5.97 Å². The highest BCUT2D eigenvalue weighted by atomic mass is 16.6.